The molecule has 0 aromatic heterocycles. The van der Waals surface area contributed by atoms with Crippen molar-refractivity contribution in [2.45, 2.75) is 0 Å². The summed E-state index contributed by atoms with van der Waals surface area (Å²) in [5.41, 5.74) is 4.46. The van der Waals surface area contributed by atoms with Gasteiger partial charge in [-0.2, -0.15) is 0 Å². The van der Waals surface area contributed by atoms with Crippen molar-refractivity contribution in [3.05, 3.63) is 29.6 Å². The summed E-state index contributed by atoms with van der Waals surface area (Å²) in [6, 6.07) is 2.18. The monoisotopic (exact) mass is 269 g/mol. The summed E-state index contributed by atoms with van der Waals surface area (Å²) in [5.74, 6) is -2.83. The molecule has 19 heavy (non-hydrogen) atoms. The zero-order valence-electron chi connectivity index (χ0n) is 10.0. The number of amides is 3. The molecule has 0 spiro atoms. The molecule has 0 bridgehead atoms. The van der Waals surface area contributed by atoms with Crippen LogP contribution in [0.25, 0.3) is 0 Å². The molecule has 0 atom stereocenters. The molecule has 0 unspecified atom stereocenters. The first-order valence-corrected chi connectivity index (χ1v) is 5.14. The van der Waals surface area contributed by atoms with Gasteiger partial charge >= 0.3 is 12.0 Å². The molecular weight excluding hydrogens is 257 g/mol. The summed E-state index contributed by atoms with van der Waals surface area (Å²) in [6.45, 7) is -0.324. The van der Waals surface area contributed by atoms with Crippen LogP contribution in [0.1, 0.15) is 10.4 Å². The number of rotatable bonds is 4. The van der Waals surface area contributed by atoms with Crippen molar-refractivity contribution in [3.63, 3.8) is 0 Å². The van der Waals surface area contributed by atoms with Crippen LogP contribution in [-0.4, -0.2) is 41.5 Å². The second-order valence-corrected chi connectivity index (χ2v) is 3.75. The highest BCUT2D eigenvalue weighted by atomic mass is 19.1. The summed E-state index contributed by atoms with van der Waals surface area (Å²) in [7, 11) is 1.31. The molecule has 0 fully saturated rings. The Labute approximate surface area is 107 Å². The summed E-state index contributed by atoms with van der Waals surface area (Å²) in [4.78, 5) is 34.1. The van der Waals surface area contributed by atoms with Crippen molar-refractivity contribution in [1.29, 1.82) is 0 Å². The van der Waals surface area contributed by atoms with E-state index in [1.165, 1.54) is 7.05 Å². The van der Waals surface area contributed by atoms with Crippen LogP contribution in [0.2, 0.25) is 0 Å². The Morgan fingerprint density at radius 1 is 1.42 bits per heavy atom. The van der Waals surface area contributed by atoms with E-state index < -0.39 is 23.7 Å². The molecule has 8 heteroatoms. The Kier molecular flexibility index (Phi) is 4.41. The van der Waals surface area contributed by atoms with Gasteiger partial charge in [0.1, 0.15) is 12.4 Å². The van der Waals surface area contributed by atoms with Crippen LogP contribution in [-0.2, 0) is 4.79 Å². The number of urea groups is 1. The molecule has 7 nitrogen and oxygen atoms in total. The number of hydrogen-bond acceptors (Lipinski definition) is 3. The van der Waals surface area contributed by atoms with E-state index in [0.717, 1.165) is 23.1 Å². The van der Waals surface area contributed by atoms with Crippen molar-refractivity contribution in [1.82, 2.24) is 4.90 Å². The first-order chi connectivity index (χ1) is 8.81. The quantitative estimate of drug-likeness (QED) is 0.737. The number of nitrogens with two attached hydrogens (primary N) is 1. The normalized spacial score (nSPS) is 9.79. The van der Waals surface area contributed by atoms with Gasteiger partial charge in [-0.25, -0.2) is 14.0 Å². The number of benzene rings is 1. The number of carboxylic acids is 1. The Balaban J connectivity index is 2.90. The SMILES string of the molecule is CN(CC(N)=O)C(=O)Nc1ccc(F)cc1C(=O)O. The maximum atomic E-state index is 12.9. The molecule has 0 saturated carbocycles. The van der Waals surface area contributed by atoms with Gasteiger partial charge in [0.05, 0.1) is 11.3 Å². The summed E-state index contributed by atoms with van der Waals surface area (Å²) in [5, 5.41) is 11.1. The lowest BCUT2D eigenvalue weighted by molar-refractivity contribution is -0.118. The largest absolute Gasteiger partial charge is 0.478 e. The van der Waals surface area contributed by atoms with Gasteiger partial charge in [-0.3, -0.25) is 4.79 Å². The van der Waals surface area contributed by atoms with Gasteiger partial charge in [0.15, 0.2) is 0 Å². The third kappa shape index (κ3) is 3.95. The Hall–Kier alpha value is -2.64. The van der Waals surface area contributed by atoms with Gasteiger partial charge in [0, 0.05) is 7.05 Å². The second-order valence-electron chi connectivity index (χ2n) is 3.75. The van der Waals surface area contributed by atoms with E-state index in [-0.39, 0.29) is 17.8 Å². The first kappa shape index (κ1) is 14.4. The topological polar surface area (TPSA) is 113 Å². The summed E-state index contributed by atoms with van der Waals surface area (Å²) < 4.78 is 12.9. The van der Waals surface area contributed by atoms with E-state index in [4.69, 9.17) is 10.8 Å². The molecule has 0 aliphatic carbocycles. The predicted octanol–water partition coefficient (Wildman–Crippen LogP) is 0.473. The molecule has 1 rings (SSSR count). The summed E-state index contributed by atoms with van der Waals surface area (Å²) >= 11 is 0. The number of carbonyl (C=O) groups excluding carboxylic acids is 2. The van der Waals surface area contributed by atoms with E-state index in [1.54, 1.807) is 0 Å². The van der Waals surface area contributed by atoms with Gasteiger partial charge in [-0.15, -0.1) is 0 Å². The van der Waals surface area contributed by atoms with Crippen LogP contribution in [0.4, 0.5) is 14.9 Å². The smallest absolute Gasteiger partial charge is 0.337 e. The number of carboxylic acid groups (broad SMARTS) is 1. The number of anilines is 1. The van der Waals surface area contributed by atoms with Crippen LogP contribution in [0.5, 0.6) is 0 Å². The molecule has 0 aliphatic rings. The second kappa shape index (κ2) is 5.80. The maximum Gasteiger partial charge on any atom is 0.337 e. The zero-order chi connectivity index (χ0) is 14.6. The molecule has 0 radical (unpaired) electrons. The Morgan fingerprint density at radius 2 is 2.05 bits per heavy atom. The van der Waals surface area contributed by atoms with Gasteiger partial charge in [-0.05, 0) is 18.2 Å². The van der Waals surface area contributed by atoms with E-state index in [1.807, 2.05) is 0 Å². The molecule has 3 amide bonds. The van der Waals surface area contributed by atoms with E-state index >= 15 is 0 Å². The molecule has 0 heterocycles. The number of hydrogen-bond donors (Lipinski definition) is 3. The zero-order valence-corrected chi connectivity index (χ0v) is 10.0. The molecule has 0 aliphatic heterocycles. The lowest BCUT2D eigenvalue weighted by Gasteiger charge is -2.17. The third-order valence-corrected chi connectivity index (χ3v) is 2.19. The Morgan fingerprint density at radius 3 is 2.58 bits per heavy atom. The first-order valence-electron chi connectivity index (χ1n) is 5.14. The minimum atomic E-state index is -1.38. The van der Waals surface area contributed by atoms with Crippen molar-refractivity contribution < 1.29 is 23.9 Å². The van der Waals surface area contributed by atoms with Gasteiger partial charge in [-0.1, -0.05) is 0 Å². The molecular formula is C11H12FN3O4. The minimum Gasteiger partial charge on any atom is -0.478 e. The van der Waals surface area contributed by atoms with Crippen LogP contribution in [0, 0.1) is 5.82 Å². The molecule has 1 aromatic rings. The van der Waals surface area contributed by atoms with E-state index in [2.05, 4.69) is 5.32 Å². The number of primary amides is 1. The van der Waals surface area contributed by atoms with Crippen LogP contribution in [0.15, 0.2) is 18.2 Å². The van der Waals surface area contributed by atoms with E-state index in [9.17, 15) is 18.8 Å². The lowest BCUT2D eigenvalue weighted by atomic mass is 10.1. The van der Waals surface area contributed by atoms with Crippen molar-refractivity contribution in [2.75, 3.05) is 18.9 Å². The number of halogens is 1. The number of nitrogens with zero attached hydrogens (tertiary/aromatic N) is 1. The maximum absolute atomic E-state index is 12.9. The number of nitrogens with one attached hydrogen (secondary N) is 1. The highest BCUT2D eigenvalue weighted by Gasteiger charge is 2.16. The Bertz CT molecular complexity index is 533. The highest BCUT2D eigenvalue weighted by Crippen LogP contribution is 2.17. The fourth-order valence-electron chi connectivity index (χ4n) is 1.32. The van der Waals surface area contributed by atoms with Crippen LogP contribution < -0.4 is 11.1 Å². The van der Waals surface area contributed by atoms with Gasteiger partial charge in [0.2, 0.25) is 5.91 Å². The molecule has 0 saturated heterocycles. The molecule has 4 N–H and O–H groups in total. The number of aromatic carboxylic acids is 1. The average Bonchev–Trinajstić information content (AvgIpc) is 2.30. The molecule has 102 valence electrons. The molecule has 1 aromatic carbocycles. The van der Waals surface area contributed by atoms with Crippen LogP contribution in [0.3, 0.4) is 0 Å². The lowest BCUT2D eigenvalue weighted by Crippen LogP contribution is -2.38. The highest BCUT2D eigenvalue weighted by molar-refractivity contribution is 6.00. The number of likely N-dealkylation sites (N-methyl/N-ethyl adjacent to an activating group) is 1. The standard InChI is InChI=1S/C11H12FN3O4/c1-15(5-9(13)16)11(19)14-8-3-2-6(12)4-7(8)10(17)18/h2-4H,5H2,1H3,(H2,13,16)(H,14,19)(H,17,18). The average molecular weight is 269 g/mol. The minimum absolute atomic E-state index is 0.0739. The fourth-order valence-corrected chi connectivity index (χ4v) is 1.32. The fraction of sp³-hybridized carbons (Fsp3) is 0.182. The summed E-state index contributed by atoms with van der Waals surface area (Å²) in [6.07, 6.45) is 0. The van der Waals surface area contributed by atoms with Crippen molar-refractivity contribution in [3.8, 4) is 0 Å². The van der Waals surface area contributed by atoms with Crippen LogP contribution >= 0.6 is 0 Å². The van der Waals surface area contributed by atoms with Gasteiger partial charge in [0.25, 0.3) is 0 Å². The third-order valence-electron chi connectivity index (χ3n) is 2.19. The predicted molar refractivity (Wildman–Crippen MR) is 64.2 cm³/mol. The van der Waals surface area contributed by atoms with Gasteiger partial charge < -0.3 is 21.1 Å². The van der Waals surface area contributed by atoms with Crippen molar-refractivity contribution in [2.24, 2.45) is 5.73 Å². The number of carbonyl (C=O) groups is 3. The van der Waals surface area contributed by atoms with E-state index in [0.29, 0.717) is 0 Å². The van der Waals surface area contributed by atoms with Crippen molar-refractivity contribution >= 4 is 23.6 Å².